The topological polar surface area (TPSA) is 17.1 Å². The smallest absolute Gasteiger partial charge is 0.298 e. The van der Waals surface area contributed by atoms with Crippen molar-refractivity contribution in [1.29, 1.82) is 0 Å². The number of carbonyl (C=O) groups is 1. The average Bonchev–Trinajstić information content (AvgIpc) is 2.25. The van der Waals surface area contributed by atoms with Crippen molar-refractivity contribution in [3.8, 4) is 0 Å². The van der Waals surface area contributed by atoms with E-state index in [1.165, 1.54) is 24.3 Å². The van der Waals surface area contributed by atoms with Crippen LogP contribution in [-0.2, 0) is 11.0 Å². The van der Waals surface area contributed by atoms with Gasteiger partial charge < -0.3 is 0 Å². The van der Waals surface area contributed by atoms with Crippen LogP contribution < -0.4 is 0 Å². The fourth-order valence-corrected chi connectivity index (χ4v) is 1.30. The number of allylic oxidation sites excluding steroid dienone is 1. The fourth-order valence-electron chi connectivity index (χ4n) is 1.30. The summed E-state index contributed by atoms with van der Waals surface area (Å²) in [6.07, 6.45) is -2.13. The molecule has 1 nitrogen and oxygen atoms in total. The molecule has 0 unspecified atom stereocenters. The molecule has 0 aromatic heterocycles. The number of rotatable bonds is 3. The summed E-state index contributed by atoms with van der Waals surface area (Å²) in [4.78, 5) is 10.6. The number of hydrogen-bond donors (Lipinski definition) is 0. The Morgan fingerprint density at radius 1 is 1.31 bits per heavy atom. The molecule has 0 heterocycles. The molecule has 0 aliphatic heterocycles. The van der Waals surface area contributed by atoms with Gasteiger partial charge >= 0.3 is 6.18 Å². The van der Waals surface area contributed by atoms with Crippen LogP contribution in [0.4, 0.5) is 13.2 Å². The summed E-state index contributed by atoms with van der Waals surface area (Å²) in [7, 11) is 0. The Kier molecular flexibility index (Phi) is 3.88. The molecule has 86 valence electrons. The van der Waals surface area contributed by atoms with E-state index < -0.39 is 11.7 Å². The van der Waals surface area contributed by atoms with Crippen LogP contribution in [0, 0.1) is 0 Å². The Morgan fingerprint density at radius 2 is 1.94 bits per heavy atom. The maximum Gasteiger partial charge on any atom is 0.416 e. The minimum absolute atomic E-state index is 0.0268. The first kappa shape index (κ1) is 12.5. The highest BCUT2D eigenvalue weighted by atomic mass is 19.4. The predicted octanol–water partition coefficient (Wildman–Crippen LogP) is 3.70. The second-order valence-electron chi connectivity index (χ2n) is 3.28. The zero-order chi connectivity index (χ0) is 12.2. The van der Waals surface area contributed by atoms with Gasteiger partial charge in [0.1, 0.15) is 6.29 Å². The van der Waals surface area contributed by atoms with Crippen LogP contribution in [0.3, 0.4) is 0 Å². The molecule has 0 amide bonds. The highest BCUT2D eigenvalue weighted by Gasteiger charge is 2.32. The highest BCUT2D eigenvalue weighted by molar-refractivity contribution is 5.82. The van der Waals surface area contributed by atoms with E-state index in [2.05, 4.69) is 0 Å². The summed E-state index contributed by atoms with van der Waals surface area (Å²) in [5.41, 5.74) is -0.349. The SMILES string of the molecule is CCC(C=O)=Cc1ccccc1C(F)(F)F. The van der Waals surface area contributed by atoms with E-state index in [-0.39, 0.29) is 5.56 Å². The maximum absolute atomic E-state index is 12.6. The van der Waals surface area contributed by atoms with Crippen LogP contribution in [0.2, 0.25) is 0 Å². The van der Waals surface area contributed by atoms with Crippen molar-refractivity contribution in [3.63, 3.8) is 0 Å². The molecule has 0 fully saturated rings. The van der Waals surface area contributed by atoms with Crippen LogP contribution >= 0.6 is 0 Å². The number of carbonyl (C=O) groups excluding carboxylic acids is 1. The summed E-state index contributed by atoms with van der Waals surface area (Å²) in [6.45, 7) is 1.72. The second kappa shape index (κ2) is 4.96. The van der Waals surface area contributed by atoms with E-state index in [1.807, 2.05) is 0 Å². The average molecular weight is 228 g/mol. The monoisotopic (exact) mass is 228 g/mol. The largest absolute Gasteiger partial charge is 0.416 e. The fraction of sp³-hybridized carbons (Fsp3) is 0.250. The van der Waals surface area contributed by atoms with Crippen LogP contribution in [0.5, 0.6) is 0 Å². The first-order valence-corrected chi connectivity index (χ1v) is 4.81. The van der Waals surface area contributed by atoms with Crippen molar-refractivity contribution in [2.75, 3.05) is 0 Å². The van der Waals surface area contributed by atoms with Gasteiger partial charge in [-0.2, -0.15) is 13.2 Å². The van der Waals surface area contributed by atoms with Gasteiger partial charge in [0.2, 0.25) is 0 Å². The molecule has 0 bridgehead atoms. The molecule has 0 saturated carbocycles. The summed E-state index contributed by atoms with van der Waals surface area (Å²) in [6, 6.07) is 5.19. The lowest BCUT2D eigenvalue weighted by Gasteiger charge is -2.10. The van der Waals surface area contributed by atoms with Gasteiger partial charge in [-0.1, -0.05) is 25.1 Å². The maximum atomic E-state index is 12.6. The molecule has 16 heavy (non-hydrogen) atoms. The van der Waals surface area contributed by atoms with Gasteiger partial charge in [0.25, 0.3) is 0 Å². The highest BCUT2D eigenvalue weighted by Crippen LogP contribution is 2.32. The lowest BCUT2D eigenvalue weighted by Crippen LogP contribution is -2.07. The zero-order valence-corrected chi connectivity index (χ0v) is 8.71. The molecule has 0 spiro atoms. The van der Waals surface area contributed by atoms with Crippen molar-refractivity contribution in [1.82, 2.24) is 0 Å². The van der Waals surface area contributed by atoms with Gasteiger partial charge in [0.15, 0.2) is 0 Å². The molecular formula is C12H11F3O. The van der Waals surface area contributed by atoms with Crippen LogP contribution in [0.1, 0.15) is 24.5 Å². The normalized spacial score (nSPS) is 12.6. The van der Waals surface area contributed by atoms with E-state index in [4.69, 9.17) is 0 Å². The van der Waals surface area contributed by atoms with Gasteiger partial charge in [0, 0.05) is 0 Å². The van der Waals surface area contributed by atoms with E-state index in [0.717, 1.165) is 6.07 Å². The molecule has 0 radical (unpaired) electrons. The zero-order valence-electron chi connectivity index (χ0n) is 8.71. The minimum Gasteiger partial charge on any atom is -0.298 e. The summed E-state index contributed by atoms with van der Waals surface area (Å²) in [5, 5.41) is 0. The molecule has 1 aromatic carbocycles. The Bertz CT molecular complexity index is 405. The first-order valence-electron chi connectivity index (χ1n) is 4.81. The standard InChI is InChI=1S/C12H11F3O/c1-2-9(8-16)7-10-5-3-4-6-11(10)12(13,14)15/h3-8H,2H2,1H3. The van der Waals surface area contributed by atoms with Crippen LogP contribution in [0.25, 0.3) is 6.08 Å². The third kappa shape index (κ3) is 2.95. The van der Waals surface area contributed by atoms with E-state index in [9.17, 15) is 18.0 Å². The van der Waals surface area contributed by atoms with Crippen molar-refractivity contribution >= 4 is 12.4 Å². The van der Waals surface area contributed by atoms with Gasteiger partial charge in [-0.25, -0.2) is 0 Å². The third-order valence-electron chi connectivity index (χ3n) is 2.17. The predicted molar refractivity (Wildman–Crippen MR) is 55.8 cm³/mol. The van der Waals surface area contributed by atoms with E-state index in [1.54, 1.807) is 6.92 Å². The Morgan fingerprint density at radius 3 is 2.44 bits per heavy atom. The summed E-state index contributed by atoms with van der Waals surface area (Å²) < 4.78 is 37.8. The first-order chi connectivity index (χ1) is 7.49. The van der Waals surface area contributed by atoms with Gasteiger partial charge in [-0.15, -0.1) is 0 Å². The minimum atomic E-state index is -4.39. The quantitative estimate of drug-likeness (QED) is 0.569. The Balaban J connectivity index is 3.24. The lowest BCUT2D eigenvalue weighted by molar-refractivity contribution is -0.137. The van der Waals surface area contributed by atoms with Crippen molar-refractivity contribution in [3.05, 3.63) is 41.0 Å². The van der Waals surface area contributed by atoms with Crippen molar-refractivity contribution < 1.29 is 18.0 Å². The molecule has 0 aliphatic carbocycles. The molecule has 4 heteroatoms. The van der Waals surface area contributed by atoms with Crippen LogP contribution in [0.15, 0.2) is 29.8 Å². The molecule has 0 atom stereocenters. The molecule has 0 N–H and O–H groups in total. The van der Waals surface area contributed by atoms with Crippen molar-refractivity contribution in [2.45, 2.75) is 19.5 Å². The molecule has 1 rings (SSSR count). The van der Waals surface area contributed by atoms with Crippen LogP contribution in [-0.4, -0.2) is 6.29 Å². The molecular weight excluding hydrogens is 217 g/mol. The van der Waals surface area contributed by atoms with E-state index in [0.29, 0.717) is 18.3 Å². The van der Waals surface area contributed by atoms with Gasteiger partial charge in [-0.05, 0) is 29.7 Å². The summed E-state index contributed by atoms with van der Waals surface area (Å²) >= 11 is 0. The van der Waals surface area contributed by atoms with E-state index >= 15 is 0 Å². The molecule has 1 aromatic rings. The van der Waals surface area contributed by atoms with Gasteiger partial charge in [-0.3, -0.25) is 4.79 Å². The van der Waals surface area contributed by atoms with Crippen molar-refractivity contribution in [2.24, 2.45) is 0 Å². The lowest BCUT2D eigenvalue weighted by atomic mass is 10.0. The number of benzene rings is 1. The Labute approximate surface area is 91.6 Å². The van der Waals surface area contributed by atoms with Gasteiger partial charge in [0.05, 0.1) is 5.56 Å². The number of halogens is 3. The summed E-state index contributed by atoms with van der Waals surface area (Å²) in [5.74, 6) is 0. The number of hydrogen-bond acceptors (Lipinski definition) is 1. The number of alkyl halides is 3. The molecule has 0 saturated heterocycles. The second-order valence-corrected chi connectivity index (χ2v) is 3.28. The Hall–Kier alpha value is -1.58. The molecule has 0 aliphatic rings. The third-order valence-corrected chi connectivity index (χ3v) is 2.17. The number of aldehydes is 1.